The van der Waals surface area contributed by atoms with Crippen molar-refractivity contribution < 1.29 is 5.11 Å². The van der Waals surface area contributed by atoms with Crippen LogP contribution in [0.4, 0.5) is 0 Å². The van der Waals surface area contributed by atoms with Crippen molar-refractivity contribution in [2.45, 2.75) is 64.5 Å². The van der Waals surface area contributed by atoms with E-state index in [1.165, 1.54) is 31.2 Å². The fraction of sp³-hybridized carbons (Fsp3) is 0.647. The summed E-state index contributed by atoms with van der Waals surface area (Å²) >= 11 is 0. The van der Waals surface area contributed by atoms with Crippen LogP contribution in [0, 0.1) is 0 Å². The van der Waals surface area contributed by atoms with Crippen molar-refractivity contribution in [2.24, 2.45) is 0 Å². The standard InChI is InChI=1S/C17H29NO/c1-3-5-7-12-17(15-10-8-6-9-11-15)18-16(4-2)13-14-19/h6,8-11,16-19H,3-5,7,12-14H2,1-2H3. The summed E-state index contributed by atoms with van der Waals surface area (Å²) in [5.74, 6) is 0. The Morgan fingerprint density at radius 3 is 2.37 bits per heavy atom. The van der Waals surface area contributed by atoms with E-state index in [-0.39, 0.29) is 6.61 Å². The maximum absolute atomic E-state index is 9.13. The fourth-order valence-electron chi connectivity index (χ4n) is 2.48. The van der Waals surface area contributed by atoms with Crippen molar-refractivity contribution in [1.82, 2.24) is 5.32 Å². The van der Waals surface area contributed by atoms with Crippen molar-refractivity contribution in [3.05, 3.63) is 35.9 Å². The molecule has 0 aliphatic carbocycles. The van der Waals surface area contributed by atoms with E-state index in [0.29, 0.717) is 12.1 Å². The first-order valence-electron chi connectivity index (χ1n) is 7.73. The van der Waals surface area contributed by atoms with Crippen LogP contribution in [0.2, 0.25) is 0 Å². The average molecular weight is 263 g/mol. The van der Waals surface area contributed by atoms with Gasteiger partial charge in [-0.25, -0.2) is 0 Å². The lowest BCUT2D eigenvalue weighted by Crippen LogP contribution is -2.33. The molecule has 2 atom stereocenters. The molecule has 2 nitrogen and oxygen atoms in total. The Kier molecular flexibility index (Phi) is 8.52. The van der Waals surface area contributed by atoms with Crippen molar-refractivity contribution in [3.63, 3.8) is 0 Å². The van der Waals surface area contributed by atoms with E-state index >= 15 is 0 Å². The number of unbranched alkanes of at least 4 members (excludes halogenated alkanes) is 2. The number of aliphatic hydroxyl groups excluding tert-OH is 1. The fourth-order valence-corrected chi connectivity index (χ4v) is 2.48. The van der Waals surface area contributed by atoms with Gasteiger partial charge in [0.1, 0.15) is 0 Å². The Balaban J connectivity index is 2.63. The Morgan fingerprint density at radius 2 is 1.79 bits per heavy atom. The number of hydrogen-bond acceptors (Lipinski definition) is 2. The topological polar surface area (TPSA) is 32.3 Å². The first-order valence-corrected chi connectivity index (χ1v) is 7.73. The van der Waals surface area contributed by atoms with Crippen LogP contribution in [0.15, 0.2) is 30.3 Å². The lowest BCUT2D eigenvalue weighted by atomic mass is 9.98. The minimum Gasteiger partial charge on any atom is -0.396 e. The van der Waals surface area contributed by atoms with Crippen LogP contribution >= 0.6 is 0 Å². The largest absolute Gasteiger partial charge is 0.396 e. The molecule has 19 heavy (non-hydrogen) atoms. The van der Waals surface area contributed by atoms with Gasteiger partial charge in [0.2, 0.25) is 0 Å². The number of hydrogen-bond donors (Lipinski definition) is 2. The molecule has 0 bridgehead atoms. The van der Waals surface area contributed by atoms with E-state index in [2.05, 4.69) is 49.5 Å². The third kappa shape index (κ3) is 6.22. The normalized spacial score (nSPS) is 14.3. The van der Waals surface area contributed by atoms with Crippen molar-refractivity contribution in [1.29, 1.82) is 0 Å². The van der Waals surface area contributed by atoms with Crippen LogP contribution in [-0.4, -0.2) is 17.8 Å². The number of nitrogens with one attached hydrogen (secondary N) is 1. The van der Waals surface area contributed by atoms with Crippen molar-refractivity contribution >= 4 is 0 Å². The van der Waals surface area contributed by atoms with Crippen LogP contribution in [-0.2, 0) is 0 Å². The maximum atomic E-state index is 9.13. The van der Waals surface area contributed by atoms with Gasteiger partial charge in [-0.1, -0.05) is 63.4 Å². The van der Waals surface area contributed by atoms with Crippen LogP contribution in [0.1, 0.15) is 64.0 Å². The van der Waals surface area contributed by atoms with Gasteiger partial charge in [-0.2, -0.15) is 0 Å². The first kappa shape index (κ1) is 16.2. The van der Waals surface area contributed by atoms with Crippen LogP contribution in [0.3, 0.4) is 0 Å². The van der Waals surface area contributed by atoms with Gasteiger partial charge in [0.05, 0.1) is 0 Å². The molecule has 0 saturated heterocycles. The number of rotatable bonds is 10. The highest BCUT2D eigenvalue weighted by Crippen LogP contribution is 2.21. The summed E-state index contributed by atoms with van der Waals surface area (Å²) < 4.78 is 0. The average Bonchev–Trinajstić information content (AvgIpc) is 2.46. The third-order valence-electron chi connectivity index (χ3n) is 3.71. The quantitative estimate of drug-likeness (QED) is 0.624. The second kappa shape index (κ2) is 9.99. The minimum atomic E-state index is 0.266. The van der Waals surface area contributed by atoms with Crippen molar-refractivity contribution in [2.75, 3.05) is 6.61 Å². The third-order valence-corrected chi connectivity index (χ3v) is 3.71. The molecule has 108 valence electrons. The van der Waals surface area contributed by atoms with E-state index in [1.54, 1.807) is 0 Å². The van der Waals surface area contributed by atoms with E-state index in [1.807, 2.05) is 0 Å². The molecule has 0 spiro atoms. The molecular formula is C17H29NO. The summed E-state index contributed by atoms with van der Waals surface area (Å²) in [4.78, 5) is 0. The van der Waals surface area contributed by atoms with E-state index in [9.17, 15) is 0 Å². The van der Waals surface area contributed by atoms with Crippen LogP contribution < -0.4 is 5.32 Å². The van der Waals surface area contributed by atoms with E-state index in [4.69, 9.17) is 5.11 Å². The van der Waals surface area contributed by atoms with Gasteiger partial charge in [0, 0.05) is 18.7 Å². The molecule has 0 aliphatic heterocycles. The van der Waals surface area contributed by atoms with Gasteiger partial charge >= 0.3 is 0 Å². The zero-order chi connectivity index (χ0) is 13.9. The predicted octanol–water partition coefficient (Wildman–Crippen LogP) is 4.06. The molecule has 0 heterocycles. The zero-order valence-corrected chi connectivity index (χ0v) is 12.4. The molecule has 0 amide bonds. The molecule has 0 saturated carbocycles. The molecule has 0 fully saturated rings. The van der Waals surface area contributed by atoms with Crippen LogP contribution in [0.25, 0.3) is 0 Å². The number of aliphatic hydroxyl groups is 1. The highest BCUT2D eigenvalue weighted by atomic mass is 16.3. The molecule has 0 aromatic heterocycles. The highest BCUT2D eigenvalue weighted by molar-refractivity contribution is 5.19. The van der Waals surface area contributed by atoms with Gasteiger partial charge in [-0.15, -0.1) is 0 Å². The second-order valence-electron chi connectivity index (χ2n) is 5.24. The highest BCUT2D eigenvalue weighted by Gasteiger charge is 2.15. The maximum Gasteiger partial charge on any atom is 0.0445 e. The Hall–Kier alpha value is -0.860. The van der Waals surface area contributed by atoms with Gasteiger partial charge in [-0.05, 0) is 24.8 Å². The Bertz CT molecular complexity index is 312. The predicted molar refractivity (Wildman–Crippen MR) is 82.2 cm³/mol. The van der Waals surface area contributed by atoms with Crippen molar-refractivity contribution in [3.8, 4) is 0 Å². The smallest absolute Gasteiger partial charge is 0.0445 e. The molecule has 2 heteroatoms. The summed E-state index contributed by atoms with van der Waals surface area (Å²) in [5, 5.41) is 12.8. The molecule has 1 rings (SSSR count). The summed E-state index contributed by atoms with van der Waals surface area (Å²) in [6.07, 6.45) is 6.90. The van der Waals surface area contributed by atoms with E-state index < -0.39 is 0 Å². The molecule has 1 aromatic carbocycles. The molecule has 0 aliphatic rings. The number of benzene rings is 1. The van der Waals surface area contributed by atoms with Gasteiger partial charge in [0.25, 0.3) is 0 Å². The van der Waals surface area contributed by atoms with Gasteiger partial charge in [0.15, 0.2) is 0 Å². The first-order chi connectivity index (χ1) is 9.31. The zero-order valence-electron chi connectivity index (χ0n) is 12.4. The molecule has 2 unspecified atom stereocenters. The monoisotopic (exact) mass is 263 g/mol. The summed E-state index contributed by atoms with van der Waals surface area (Å²) in [7, 11) is 0. The minimum absolute atomic E-state index is 0.266. The summed E-state index contributed by atoms with van der Waals surface area (Å²) in [6, 6.07) is 11.5. The van der Waals surface area contributed by atoms with Gasteiger partial charge in [-0.3, -0.25) is 0 Å². The molecular weight excluding hydrogens is 234 g/mol. The summed E-state index contributed by atoms with van der Waals surface area (Å²) in [6.45, 7) is 4.69. The molecule has 1 aromatic rings. The lowest BCUT2D eigenvalue weighted by molar-refractivity contribution is 0.253. The second-order valence-corrected chi connectivity index (χ2v) is 5.24. The molecule has 2 N–H and O–H groups in total. The Morgan fingerprint density at radius 1 is 1.05 bits per heavy atom. The lowest BCUT2D eigenvalue weighted by Gasteiger charge is -2.25. The van der Waals surface area contributed by atoms with Gasteiger partial charge < -0.3 is 10.4 Å². The molecule has 0 radical (unpaired) electrons. The summed E-state index contributed by atoms with van der Waals surface area (Å²) in [5.41, 5.74) is 1.37. The Labute approximate surface area is 118 Å². The SMILES string of the molecule is CCCCCC(NC(CC)CCO)c1ccccc1. The van der Waals surface area contributed by atoms with Crippen LogP contribution in [0.5, 0.6) is 0 Å². The van der Waals surface area contributed by atoms with E-state index in [0.717, 1.165) is 12.8 Å².